The first-order chi connectivity index (χ1) is 6.20. The van der Waals surface area contributed by atoms with Gasteiger partial charge in [0.05, 0.1) is 16.1 Å². The minimum absolute atomic E-state index is 0.0634. The number of hydrogen-bond donors (Lipinski definition) is 0. The van der Waals surface area contributed by atoms with E-state index in [-0.39, 0.29) is 11.7 Å². The molecule has 1 amide bonds. The number of amides is 1. The van der Waals surface area contributed by atoms with Gasteiger partial charge in [0.2, 0.25) is 5.91 Å². The zero-order valence-electron chi connectivity index (χ0n) is 7.18. The summed E-state index contributed by atoms with van der Waals surface area (Å²) in [4.78, 5) is 22.8. The number of allylic oxidation sites excluding steroid dienone is 2. The number of Topliss-reactive ketones (excluding diaryl/α,β-unsaturated/α-hetero) is 1. The van der Waals surface area contributed by atoms with Crippen LogP contribution in [0.3, 0.4) is 0 Å². The third-order valence-corrected chi connectivity index (χ3v) is 3.37. The second kappa shape index (κ2) is 3.25. The minimum atomic E-state index is 0.0634. The normalized spacial score (nSPS) is 23.6. The Morgan fingerprint density at radius 2 is 1.85 bits per heavy atom. The molecule has 0 aromatic heterocycles. The van der Waals surface area contributed by atoms with Gasteiger partial charge < -0.3 is 0 Å². The molecule has 0 aromatic rings. The van der Waals surface area contributed by atoms with Gasteiger partial charge in [-0.2, -0.15) is 0 Å². The van der Waals surface area contributed by atoms with Crippen LogP contribution in [0.2, 0.25) is 0 Å². The largest absolute Gasteiger partial charge is 0.294 e. The second-order valence-corrected chi connectivity index (χ2v) is 4.09. The Bertz CT molecular complexity index is 309. The van der Waals surface area contributed by atoms with Crippen LogP contribution in [0.4, 0.5) is 0 Å². The lowest BCUT2D eigenvalue weighted by Gasteiger charge is -2.29. The molecule has 1 heterocycles. The van der Waals surface area contributed by atoms with E-state index in [2.05, 4.69) is 16.1 Å². The number of carbonyl (C=O) groups excluding carboxylic acids is 2. The molecule has 0 fully saturated rings. The van der Waals surface area contributed by atoms with Gasteiger partial charge in [0.15, 0.2) is 5.78 Å². The van der Waals surface area contributed by atoms with Crippen LogP contribution in [0.1, 0.15) is 32.1 Å². The molecule has 1 aliphatic heterocycles. The number of nitrogens with zero attached hydrogens (tertiary/aromatic N) is 1. The van der Waals surface area contributed by atoms with Gasteiger partial charge in [-0.1, -0.05) is 0 Å². The van der Waals surface area contributed by atoms with E-state index in [1.54, 1.807) is 0 Å². The van der Waals surface area contributed by atoms with Crippen molar-refractivity contribution in [2.45, 2.75) is 32.1 Å². The molecule has 1 aliphatic carbocycles. The average molecular weight is 244 g/mol. The summed E-state index contributed by atoms with van der Waals surface area (Å²) in [5.41, 5.74) is 1.76. The van der Waals surface area contributed by atoms with Crippen molar-refractivity contribution in [3.05, 3.63) is 11.3 Å². The van der Waals surface area contributed by atoms with Crippen LogP contribution < -0.4 is 0 Å². The van der Waals surface area contributed by atoms with Crippen molar-refractivity contribution in [1.82, 2.24) is 3.93 Å². The molecule has 3 nitrogen and oxygen atoms in total. The van der Waals surface area contributed by atoms with E-state index in [0.717, 1.165) is 24.1 Å². The molecule has 2 rings (SSSR count). The summed E-state index contributed by atoms with van der Waals surface area (Å²) in [7, 11) is 0. The summed E-state index contributed by atoms with van der Waals surface area (Å²) in [6, 6.07) is 0. The van der Waals surface area contributed by atoms with E-state index in [4.69, 9.17) is 0 Å². The molecule has 0 N–H and O–H groups in total. The highest BCUT2D eigenvalue weighted by molar-refractivity contribution is 9.07. The van der Waals surface area contributed by atoms with Gasteiger partial charge in [-0.25, -0.2) is 0 Å². The molecule has 0 atom stereocenters. The minimum Gasteiger partial charge on any atom is -0.294 e. The maximum Gasteiger partial charge on any atom is 0.237 e. The van der Waals surface area contributed by atoms with Crippen molar-refractivity contribution in [2.24, 2.45) is 0 Å². The number of hydrogen-bond acceptors (Lipinski definition) is 2. The maximum atomic E-state index is 11.5. The summed E-state index contributed by atoms with van der Waals surface area (Å²) < 4.78 is 1.48. The quantitative estimate of drug-likeness (QED) is 0.610. The van der Waals surface area contributed by atoms with Crippen molar-refractivity contribution in [3.63, 3.8) is 0 Å². The van der Waals surface area contributed by atoms with Crippen molar-refractivity contribution in [1.29, 1.82) is 0 Å². The zero-order valence-corrected chi connectivity index (χ0v) is 8.76. The topological polar surface area (TPSA) is 37.4 Å². The molecule has 0 bridgehead atoms. The third-order valence-electron chi connectivity index (χ3n) is 2.55. The molecular formula is C9H10BrNO2. The Labute approximate surface area is 85.1 Å². The summed E-state index contributed by atoms with van der Waals surface area (Å²) in [5, 5.41) is 0. The molecular weight excluding hydrogens is 234 g/mol. The molecule has 0 radical (unpaired) electrons. The van der Waals surface area contributed by atoms with Crippen LogP contribution in [-0.2, 0) is 9.59 Å². The number of carbonyl (C=O) groups is 2. The molecule has 13 heavy (non-hydrogen) atoms. The smallest absolute Gasteiger partial charge is 0.237 e. The number of rotatable bonds is 0. The first kappa shape index (κ1) is 8.94. The van der Waals surface area contributed by atoms with E-state index in [0.29, 0.717) is 19.3 Å². The molecule has 4 heteroatoms. The molecule has 0 unspecified atom stereocenters. The maximum absolute atomic E-state index is 11.5. The fourth-order valence-electron chi connectivity index (χ4n) is 1.86. The van der Waals surface area contributed by atoms with E-state index in [1.165, 1.54) is 3.93 Å². The molecule has 2 aliphatic rings. The molecule has 0 aromatic carbocycles. The van der Waals surface area contributed by atoms with Crippen LogP contribution >= 0.6 is 16.1 Å². The highest BCUT2D eigenvalue weighted by Crippen LogP contribution is 2.34. The number of ketones is 1. The summed E-state index contributed by atoms with van der Waals surface area (Å²) in [6.45, 7) is 0. The van der Waals surface area contributed by atoms with E-state index >= 15 is 0 Å². The van der Waals surface area contributed by atoms with Gasteiger partial charge in [0.1, 0.15) is 0 Å². The first-order valence-corrected chi connectivity index (χ1v) is 5.15. The van der Waals surface area contributed by atoms with Crippen molar-refractivity contribution in [3.8, 4) is 0 Å². The number of halogens is 1. The average Bonchev–Trinajstić information content (AvgIpc) is 2.12. The van der Waals surface area contributed by atoms with Crippen LogP contribution in [-0.4, -0.2) is 15.6 Å². The molecule has 0 saturated heterocycles. The first-order valence-electron chi connectivity index (χ1n) is 4.44. The van der Waals surface area contributed by atoms with Gasteiger partial charge >= 0.3 is 0 Å². The van der Waals surface area contributed by atoms with Gasteiger partial charge in [-0.05, 0) is 19.3 Å². The SMILES string of the molecule is O=C1CCCC2=C1CCC(=O)N2Br. The van der Waals surface area contributed by atoms with Crippen LogP contribution in [0.5, 0.6) is 0 Å². The molecule has 70 valence electrons. The van der Waals surface area contributed by atoms with Gasteiger partial charge in [-0.15, -0.1) is 0 Å². The third kappa shape index (κ3) is 1.43. The molecule has 0 spiro atoms. The Kier molecular flexibility index (Phi) is 2.24. The van der Waals surface area contributed by atoms with Crippen LogP contribution in [0, 0.1) is 0 Å². The van der Waals surface area contributed by atoms with Gasteiger partial charge in [-0.3, -0.25) is 13.5 Å². The Morgan fingerprint density at radius 3 is 2.62 bits per heavy atom. The van der Waals surface area contributed by atoms with E-state index < -0.39 is 0 Å². The summed E-state index contributed by atoms with van der Waals surface area (Å²) in [5.74, 6) is 0.284. The lowest BCUT2D eigenvalue weighted by Crippen LogP contribution is -2.30. The lowest BCUT2D eigenvalue weighted by molar-refractivity contribution is -0.125. The summed E-state index contributed by atoms with van der Waals surface area (Å²) in [6.07, 6.45) is 3.45. The zero-order chi connectivity index (χ0) is 9.42. The highest BCUT2D eigenvalue weighted by Gasteiger charge is 2.30. The van der Waals surface area contributed by atoms with E-state index in [1.807, 2.05) is 0 Å². The predicted molar refractivity (Wildman–Crippen MR) is 50.9 cm³/mol. The van der Waals surface area contributed by atoms with Crippen LogP contribution in [0.15, 0.2) is 11.3 Å². The fraction of sp³-hybridized carbons (Fsp3) is 0.556. The van der Waals surface area contributed by atoms with Crippen molar-refractivity contribution < 1.29 is 9.59 Å². The summed E-state index contributed by atoms with van der Waals surface area (Å²) >= 11 is 3.20. The van der Waals surface area contributed by atoms with E-state index in [9.17, 15) is 9.59 Å². The lowest BCUT2D eigenvalue weighted by atomic mass is 9.89. The monoisotopic (exact) mass is 243 g/mol. The van der Waals surface area contributed by atoms with Crippen molar-refractivity contribution >= 4 is 27.8 Å². The predicted octanol–water partition coefficient (Wildman–Crippen LogP) is 1.93. The molecule has 0 saturated carbocycles. The van der Waals surface area contributed by atoms with Crippen molar-refractivity contribution in [2.75, 3.05) is 0 Å². The van der Waals surface area contributed by atoms with Crippen LogP contribution in [0.25, 0.3) is 0 Å². The Morgan fingerprint density at radius 1 is 1.08 bits per heavy atom. The Hall–Kier alpha value is -0.640. The van der Waals surface area contributed by atoms with Gasteiger partial charge in [0, 0.05) is 24.1 Å². The second-order valence-electron chi connectivity index (χ2n) is 3.38. The Balaban J connectivity index is 2.38. The van der Waals surface area contributed by atoms with Gasteiger partial charge in [0.25, 0.3) is 0 Å². The standard InChI is InChI=1S/C9H10BrNO2/c10-11-7-2-1-3-8(12)6(7)4-5-9(11)13/h1-5H2. The highest BCUT2D eigenvalue weighted by atomic mass is 79.9. The fourth-order valence-corrected chi connectivity index (χ4v) is 2.43.